The third-order valence-electron chi connectivity index (χ3n) is 3.97. The molecule has 2 atom stereocenters. The smallest absolute Gasteiger partial charge is 0.463 e. The molecule has 2 unspecified atom stereocenters. The minimum atomic E-state index is -4.23. The highest BCUT2D eigenvalue weighted by atomic mass is 31.2. The van der Waals surface area contributed by atoms with Crippen LogP contribution in [0.15, 0.2) is 0 Å². The number of rotatable bonds is 19. The minimum Gasteiger partial charge on any atom is -0.463 e. The molecule has 0 bridgehead atoms. The van der Waals surface area contributed by atoms with Crippen molar-refractivity contribution in [3.05, 3.63) is 0 Å². The summed E-state index contributed by atoms with van der Waals surface area (Å²) < 4.78 is 25.4. The van der Waals surface area contributed by atoms with Gasteiger partial charge in [0.05, 0.1) is 13.2 Å². The zero-order valence-corrected chi connectivity index (χ0v) is 17.5. The molecule has 0 saturated heterocycles. The van der Waals surface area contributed by atoms with Gasteiger partial charge in [-0.25, -0.2) is 4.57 Å². The van der Waals surface area contributed by atoms with Crippen LogP contribution in [0.4, 0.5) is 0 Å². The Kier molecular flexibility index (Phi) is 17.3. The van der Waals surface area contributed by atoms with Crippen LogP contribution < -0.4 is 5.73 Å². The number of esters is 1. The zero-order chi connectivity index (χ0) is 20.4. The third kappa shape index (κ3) is 18.6. The number of nitrogens with two attached hydrogens (primary N) is 1. The van der Waals surface area contributed by atoms with E-state index in [0.717, 1.165) is 19.3 Å². The van der Waals surface area contributed by atoms with Crippen molar-refractivity contribution in [1.82, 2.24) is 0 Å². The van der Waals surface area contributed by atoms with E-state index in [0.29, 0.717) is 6.42 Å². The summed E-state index contributed by atoms with van der Waals surface area (Å²) in [5.74, 6) is -0.389. The molecule has 162 valence electrons. The molecule has 0 fully saturated rings. The quantitative estimate of drug-likeness (QED) is 0.168. The van der Waals surface area contributed by atoms with Gasteiger partial charge in [0.25, 0.3) is 0 Å². The van der Waals surface area contributed by atoms with Crippen LogP contribution in [0.2, 0.25) is 0 Å². The summed E-state index contributed by atoms with van der Waals surface area (Å²) in [6.07, 6.45) is 11.0. The summed E-state index contributed by atoms with van der Waals surface area (Å²) in [6, 6.07) is 0. The molecule has 0 aromatic carbocycles. The molecule has 0 spiro atoms. The molecule has 8 nitrogen and oxygen atoms in total. The lowest BCUT2D eigenvalue weighted by atomic mass is 10.1. The summed E-state index contributed by atoms with van der Waals surface area (Å²) in [6.45, 7) is 1.41. The van der Waals surface area contributed by atoms with Crippen molar-refractivity contribution >= 4 is 13.8 Å². The lowest BCUT2D eigenvalue weighted by Gasteiger charge is -2.15. The van der Waals surface area contributed by atoms with Gasteiger partial charge in [-0.1, -0.05) is 64.7 Å². The first-order valence-electron chi connectivity index (χ1n) is 10.1. The monoisotopic (exact) mass is 411 g/mol. The first-order chi connectivity index (χ1) is 12.9. The lowest BCUT2D eigenvalue weighted by Crippen LogP contribution is -2.23. The van der Waals surface area contributed by atoms with Crippen molar-refractivity contribution in [1.29, 1.82) is 0 Å². The molecule has 0 aromatic heterocycles. The summed E-state index contributed by atoms with van der Waals surface area (Å²) >= 11 is 0. The Labute approximate surface area is 163 Å². The molecular formula is C18H38NO7P. The summed E-state index contributed by atoms with van der Waals surface area (Å²) in [7, 11) is -4.23. The van der Waals surface area contributed by atoms with Gasteiger partial charge in [0.2, 0.25) is 0 Å². The van der Waals surface area contributed by atoms with Crippen LogP contribution >= 0.6 is 7.82 Å². The number of carbonyl (C=O) groups excluding carboxylic acids is 1. The predicted octanol–water partition coefficient (Wildman–Crippen LogP) is 3.29. The Morgan fingerprint density at radius 2 is 1.52 bits per heavy atom. The van der Waals surface area contributed by atoms with E-state index in [1.165, 1.54) is 44.9 Å². The SMILES string of the molecule is CCCCCCCCCCCCC(=O)OCC(O)COP(=O)(O)OCCN. The van der Waals surface area contributed by atoms with Crippen molar-refractivity contribution < 1.29 is 33.1 Å². The fourth-order valence-electron chi connectivity index (χ4n) is 2.45. The molecule has 0 aromatic rings. The van der Waals surface area contributed by atoms with E-state index in [9.17, 15) is 19.4 Å². The minimum absolute atomic E-state index is 0.0764. The maximum absolute atomic E-state index is 11.6. The van der Waals surface area contributed by atoms with E-state index in [1.807, 2.05) is 0 Å². The van der Waals surface area contributed by atoms with Gasteiger partial charge in [-0.3, -0.25) is 13.8 Å². The van der Waals surface area contributed by atoms with Crippen molar-refractivity contribution in [2.75, 3.05) is 26.4 Å². The molecular weight excluding hydrogens is 373 g/mol. The van der Waals surface area contributed by atoms with Crippen LogP contribution in [-0.4, -0.2) is 48.4 Å². The van der Waals surface area contributed by atoms with Gasteiger partial charge in [0.1, 0.15) is 12.7 Å². The number of phosphoric ester groups is 1. The molecule has 27 heavy (non-hydrogen) atoms. The van der Waals surface area contributed by atoms with Gasteiger partial charge in [0.15, 0.2) is 0 Å². The van der Waals surface area contributed by atoms with Crippen LogP contribution in [-0.2, 0) is 23.1 Å². The van der Waals surface area contributed by atoms with Gasteiger partial charge in [0, 0.05) is 13.0 Å². The number of unbranched alkanes of at least 4 members (excludes halogenated alkanes) is 9. The Bertz CT molecular complexity index is 409. The van der Waals surface area contributed by atoms with E-state index in [1.54, 1.807) is 0 Å². The molecule has 0 aliphatic heterocycles. The fraction of sp³-hybridized carbons (Fsp3) is 0.944. The first kappa shape index (κ1) is 26.5. The number of ether oxygens (including phenoxy) is 1. The van der Waals surface area contributed by atoms with E-state index in [4.69, 9.17) is 10.5 Å². The molecule has 0 amide bonds. The van der Waals surface area contributed by atoms with Crippen molar-refractivity contribution in [3.63, 3.8) is 0 Å². The molecule has 0 aliphatic carbocycles. The van der Waals surface area contributed by atoms with Crippen LogP contribution in [0.1, 0.15) is 77.6 Å². The Morgan fingerprint density at radius 3 is 2.07 bits per heavy atom. The maximum Gasteiger partial charge on any atom is 0.472 e. The van der Waals surface area contributed by atoms with Gasteiger partial charge in [-0.2, -0.15) is 0 Å². The van der Waals surface area contributed by atoms with Crippen molar-refractivity contribution in [2.24, 2.45) is 5.73 Å². The van der Waals surface area contributed by atoms with Crippen LogP contribution in [0.5, 0.6) is 0 Å². The molecule has 0 aliphatic rings. The predicted molar refractivity (Wildman–Crippen MR) is 104 cm³/mol. The van der Waals surface area contributed by atoms with Gasteiger partial charge in [-0.15, -0.1) is 0 Å². The lowest BCUT2D eigenvalue weighted by molar-refractivity contribution is -0.147. The number of hydrogen-bond acceptors (Lipinski definition) is 7. The molecule has 0 rings (SSSR count). The van der Waals surface area contributed by atoms with E-state index in [2.05, 4.69) is 16.0 Å². The van der Waals surface area contributed by atoms with Gasteiger partial charge >= 0.3 is 13.8 Å². The largest absolute Gasteiger partial charge is 0.472 e. The molecule has 9 heteroatoms. The highest BCUT2D eigenvalue weighted by molar-refractivity contribution is 7.47. The fourth-order valence-corrected chi connectivity index (χ4v) is 3.22. The van der Waals surface area contributed by atoms with E-state index >= 15 is 0 Å². The van der Waals surface area contributed by atoms with Gasteiger partial charge in [-0.05, 0) is 6.42 Å². The van der Waals surface area contributed by atoms with Crippen molar-refractivity contribution in [3.8, 4) is 0 Å². The maximum atomic E-state index is 11.6. The van der Waals surface area contributed by atoms with Crippen molar-refractivity contribution in [2.45, 2.75) is 83.7 Å². The number of aliphatic hydroxyl groups excluding tert-OH is 1. The van der Waals surface area contributed by atoms with Crippen LogP contribution in [0.3, 0.4) is 0 Å². The van der Waals surface area contributed by atoms with Crippen LogP contribution in [0, 0.1) is 0 Å². The average molecular weight is 411 g/mol. The zero-order valence-electron chi connectivity index (χ0n) is 16.6. The Hall–Kier alpha value is -0.500. The second-order valence-corrected chi connectivity index (χ2v) is 8.11. The topological polar surface area (TPSA) is 128 Å². The van der Waals surface area contributed by atoms with E-state index in [-0.39, 0.29) is 25.7 Å². The third-order valence-corrected chi connectivity index (χ3v) is 4.96. The molecule has 0 heterocycles. The second kappa shape index (κ2) is 17.6. The van der Waals surface area contributed by atoms with E-state index < -0.39 is 20.5 Å². The number of phosphoric acid groups is 1. The standard InChI is InChI=1S/C18H38NO7P/c1-2-3-4-5-6-7-8-9-10-11-12-18(21)24-15-17(20)16-26-27(22,23)25-14-13-19/h17,20H,2-16,19H2,1H3,(H,22,23). The van der Waals surface area contributed by atoms with Crippen LogP contribution in [0.25, 0.3) is 0 Å². The normalized spacial score (nSPS) is 14.7. The van der Waals surface area contributed by atoms with Gasteiger partial charge < -0.3 is 20.5 Å². The Morgan fingerprint density at radius 1 is 0.963 bits per heavy atom. The molecule has 0 radical (unpaired) electrons. The Balaban J connectivity index is 3.53. The number of carbonyl (C=O) groups is 1. The molecule has 4 N–H and O–H groups in total. The summed E-state index contributed by atoms with van der Waals surface area (Å²) in [5, 5.41) is 9.62. The highest BCUT2D eigenvalue weighted by Gasteiger charge is 2.22. The highest BCUT2D eigenvalue weighted by Crippen LogP contribution is 2.42. The second-order valence-electron chi connectivity index (χ2n) is 6.66. The number of hydrogen-bond donors (Lipinski definition) is 3. The molecule has 0 saturated carbocycles. The number of aliphatic hydroxyl groups is 1. The first-order valence-corrected chi connectivity index (χ1v) is 11.6. The average Bonchev–Trinajstić information content (AvgIpc) is 2.64. The summed E-state index contributed by atoms with van der Waals surface area (Å²) in [5.41, 5.74) is 5.15. The summed E-state index contributed by atoms with van der Waals surface area (Å²) in [4.78, 5) is 20.9.